The van der Waals surface area contributed by atoms with E-state index >= 15 is 0 Å². The van der Waals surface area contributed by atoms with Gasteiger partial charge in [-0.3, -0.25) is 0 Å². The van der Waals surface area contributed by atoms with Crippen LogP contribution in [0.3, 0.4) is 0 Å². The number of rotatable bonds is 4. The van der Waals surface area contributed by atoms with Gasteiger partial charge in [-0.2, -0.15) is 0 Å². The van der Waals surface area contributed by atoms with Gasteiger partial charge >= 0.3 is 0 Å². The normalized spacial score (nSPS) is 10.8. The topological polar surface area (TPSA) is 75.9 Å². The third-order valence-corrected chi connectivity index (χ3v) is 3.55. The molecule has 4 N–H and O–H groups in total. The van der Waals surface area contributed by atoms with Crippen LogP contribution in [0.2, 0.25) is 10.0 Å². The van der Waals surface area contributed by atoms with Gasteiger partial charge in [0.2, 0.25) is 0 Å². The molecule has 7 heteroatoms. The zero-order chi connectivity index (χ0) is 15.6. The predicted molar refractivity (Wildman–Crippen MR) is 88.4 cm³/mol. The molecule has 0 amide bonds. The third-order valence-electron chi connectivity index (χ3n) is 3.00. The molecule has 0 spiro atoms. The maximum Gasteiger partial charge on any atom is 0.148 e. The molecule has 5 nitrogen and oxygen atoms in total. The fourth-order valence-electron chi connectivity index (χ4n) is 1.77. The molecule has 0 aliphatic rings. The number of hydrazine groups is 1. The Hall–Kier alpha value is -1.56. The lowest BCUT2D eigenvalue weighted by Gasteiger charge is -2.15. The second-order valence-electron chi connectivity index (χ2n) is 4.95. The second kappa shape index (κ2) is 6.47. The van der Waals surface area contributed by atoms with Crippen molar-refractivity contribution in [1.29, 1.82) is 0 Å². The molecular weight excluding hydrogens is 309 g/mol. The number of nitrogens with zero attached hydrogens (tertiary/aromatic N) is 2. The van der Waals surface area contributed by atoms with Gasteiger partial charge in [0.15, 0.2) is 0 Å². The fourth-order valence-corrected chi connectivity index (χ4v) is 2.23. The minimum absolute atomic E-state index is 0.180. The molecule has 2 aromatic rings. The van der Waals surface area contributed by atoms with E-state index in [9.17, 15) is 0 Å². The van der Waals surface area contributed by atoms with E-state index in [1.54, 1.807) is 18.2 Å². The molecule has 0 radical (unpaired) electrons. The number of anilines is 3. The van der Waals surface area contributed by atoms with Gasteiger partial charge in [0.25, 0.3) is 0 Å². The van der Waals surface area contributed by atoms with Crippen LogP contribution in [-0.4, -0.2) is 9.97 Å². The molecule has 0 unspecified atom stereocenters. The van der Waals surface area contributed by atoms with Crippen LogP contribution in [0.1, 0.15) is 31.2 Å². The Morgan fingerprint density at radius 1 is 1.14 bits per heavy atom. The highest BCUT2D eigenvalue weighted by molar-refractivity contribution is 6.36. The van der Waals surface area contributed by atoms with Crippen LogP contribution in [0.4, 0.5) is 17.3 Å². The lowest BCUT2D eigenvalue weighted by molar-refractivity contribution is 0.774. The number of hydrogen-bond acceptors (Lipinski definition) is 5. The lowest BCUT2D eigenvalue weighted by atomic mass is 10.2. The monoisotopic (exact) mass is 325 g/mol. The van der Waals surface area contributed by atoms with Crippen LogP contribution >= 0.6 is 23.2 Å². The first-order valence-electron chi connectivity index (χ1n) is 6.49. The molecular formula is C14H17Cl2N5. The fraction of sp³-hybridized carbons (Fsp3) is 0.286. The number of nitrogens with two attached hydrogens (primary N) is 1. The summed E-state index contributed by atoms with van der Waals surface area (Å²) in [6, 6.07) is 5.24. The third kappa shape index (κ3) is 3.56. The number of halogens is 2. The Morgan fingerprint density at radius 2 is 1.81 bits per heavy atom. The van der Waals surface area contributed by atoms with Gasteiger partial charge in [0.05, 0.1) is 10.7 Å². The van der Waals surface area contributed by atoms with E-state index < -0.39 is 0 Å². The maximum absolute atomic E-state index is 6.18. The van der Waals surface area contributed by atoms with Gasteiger partial charge in [-0.25, -0.2) is 15.8 Å². The summed E-state index contributed by atoms with van der Waals surface area (Å²) in [5.74, 6) is 7.64. The smallest absolute Gasteiger partial charge is 0.148 e. The standard InChI is InChI=1S/C14H17Cl2N5/c1-7(2)12-19-13(8(3)14(20-12)21-17)18-11-5-4-9(15)6-10(11)16/h4-7H,17H2,1-3H3,(H2,18,19,20,21). The molecule has 0 bridgehead atoms. The number of hydrogen-bond donors (Lipinski definition) is 3. The summed E-state index contributed by atoms with van der Waals surface area (Å²) in [4.78, 5) is 8.92. The Morgan fingerprint density at radius 3 is 2.38 bits per heavy atom. The van der Waals surface area contributed by atoms with Gasteiger partial charge < -0.3 is 10.7 Å². The van der Waals surface area contributed by atoms with Gasteiger partial charge in [0, 0.05) is 16.5 Å². The summed E-state index contributed by atoms with van der Waals surface area (Å²) in [5.41, 5.74) is 4.13. The van der Waals surface area contributed by atoms with E-state index in [1.165, 1.54) is 0 Å². The maximum atomic E-state index is 6.18. The SMILES string of the molecule is Cc1c(NN)nc(C(C)C)nc1Nc1ccc(Cl)cc1Cl. The van der Waals surface area contributed by atoms with Gasteiger partial charge in [-0.05, 0) is 25.1 Å². The Labute approximate surface area is 133 Å². The number of nitrogens with one attached hydrogen (secondary N) is 2. The quantitative estimate of drug-likeness (QED) is 0.578. The molecule has 1 aromatic heterocycles. The van der Waals surface area contributed by atoms with Crippen molar-refractivity contribution in [3.05, 3.63) is 39.6 Å². The summed E-state index contributed by atoms with van der Waals surface area (Å²) < 4.78 is 0. The van der Waals surface area contributed by atoms with Crippen LogP contribution in [0, 0.1) is 6.92 Å². The Balaban J connectivity index is 2.45. The Bertz CT molecular complexity index is 658. The summed E-state index contributed by atoms with van der Waals surface area (Å²) >= 11 is 12.1. The summed E-state index contributed by atoms with van der Waals surface area (Å²) in [6.45, 7) is 5.92. The largest absolute Gasteiger partial charge is 0.339 e. The molecule has 112 valence electrons. The highest BCUT2D eigenvalue weighted by Gasteiger charge is 2.13. The molecule has 0 fully saturated rings. The minimum atomic E-state index is 0.180. The first kappa shape index (κ1) is 15.8. The minimum Gasteiger partial charge on any atom is -0.339 e. The van der Waals surface area contributed by atoms with Crippen molar-refractivity contribution in [2.75, 3.05) is 10.7 Å². The average molecular weight is 326 g/mol. The van der Waals surface area contributed by atoms with Crippen molar-refractivity contribution in [2.45, 2.75) is 26.7 Å². The van der Waals surface area contributed by atoms with E-state index in [0.29, 0.717) is 27.5 Å². The Kier molecular flexibility index (Phi) is 4.88. The van der Waals surface area contributed by atoms with E-state index in [4.69, 9.17) is 29.0 Å². The number of nitrogen functional groups attached to an aromatic ring is 1. The summed E-state index contributed by atoms with van der Waals surface area (Å²) in [6.07, 6.45) is 0. The summed E-state index contributed by atoms with van der Waals surface area (Å²) in [7, 11) is 0. The zero-order valence-electron chi connectivity index (χ0n) is 12.0. The van der Waals surface area contributed by atoms with E-state index in [2.05, 4.69) is 20.7 Å². The molecule has 2 rings (SSSR count). The van der Waals surface area contributed by atoms with E-state index in [1.807, 2.05) is 20.8 Å². The molecule has 1 aromatic carbocycles. The molecule has 0 aliphatic carbocycles. The van der Waals surface area contributed by atoms with Crippen molar-refractivity contribution < 1.29 is 0 Å². The van der Waals surface area contributed by atoms with E-state index in [0.717, 1.165) is 11.3 Å². The van der Waals surface area contributed by atoms with Crippen molar-refractivity contribution in [3.8, 4) is 0 Å². The molecule has 1 heterocycles. The number of benzene rings is 1. The number of aromatic nitrogens is 2. The van der Waals surface area contributed by atoms with Crippen molar-refractivity contribution in [1.82, 2.24) is 9.97 Å². The van der Waals surface area contributed by atoms with Crippen molar-refractivity contribution in [3.63, 3.8) is 0 Å². The van der Waals surface area contributed by atoms with Crippen molar-refractivity contribution in [2.24, 2.45) is 5.84 Å². The first-order valence-corrected chi connectivity index (χ1v) is 7.25. The molecule has 0 aliphatic heterocycles. The van der Waals surface area contributed by atoms with Crippen molar-refractivity contribution >= 4 is 40.5 Å². The van der Waals surface area contributed by atoms with Crippen LogP contribution in [0.15, 0.2) is 18.2 Å². The van der Waals surface area contributed by atoms with Crippen LogP contribution in [-0.2, 0) is 0 Å². The van der Waals surface area contributed by atoms with Gasteiger partial charge in [-0.15, -0.1) is 0 Å². The highest BCUT2D eigenvalue weighted by atomic mass is 35.5. The summed E-state index contributed by atoms with van der Waals surface area (Å²) in [5, 5.41) is 4.30. The molecule has 0 saturated carbocycles. The zero-order valence-corrected chi connectivity index (χ0v) is 13.5. The lowest BCUT2D eigenvalue weighted by Crippen LogP contribution is -2.14. The molecule has 21 heavy (non-hydrogen) atoms. The average Bonchev–Trinajstić information content (AvgIpc) is 2.43. The first-order chi connectivity index (χ1) is 9.92. The predicted octanol–water partition coefficient (Wildman–Crippen LogP) is 4.24. The van der Waals surface area contributed by atoms with Gasteiger partial charge in [0.1, 0.15) is 17.5 Å². The van der Waals surface area contributed by atoms with Crippen LogP contribution in [0.25, 0.3) is 0 Å². The molecule has 0 atom stereocenters. The van der Waals surface area contributed by atoms with Crippen LogP contribution < -0.4 is 16.6 Å². The van der Waals surface area contributed by atoms with Gasteiger partial charge in [-0.1, -0.05) is 37.0 Å². The highest BCUT2D eigenvalue weighted by Crippen LogP contribution is 2.30. The molecule has 0 saturated heterocycles. The van der Waals surface area contributed by atoms with Crippen LogP contribution in [0.5, 0.6) is 0 Å². The van der Waals surface area contributed by atoms with E-state index in [-0.39, 0.29) is 5.92 Å². The second-order valence-corrected chi connectivity index (χ2v) is 5.80.